The summed E-state index contributed by atoms with van der Waals surface area (Å²) in [7, 11) is -3.19. The Morgan fingerprint density at radius 2 is 1.89 bits per heavy atom. The van der Waals surface area contributed by atoms with E-state index in [2.05, 4.69) is 5.32 Å². The van der Waals surface area contributed by atoms with E-state index in [0.29, 0.717) is 5.56 Å². The van der Waals surface area contributed by atoms with Gasteiger partial charge in [0, 0.05) is 6.08 Å². The molecule has 0 saturated carbocycles. The second-order valence-corrected chi connectivity index (χ2v) is 8.70. The maximum absolute atomic E-state index is 12.5. The number of carbonyl (C=O) groups excluding carboxylic acids is 2. The van der Waals surface area contributed by atoms with Gasteiger partial charge in [0.2, 0.25) is 0 Å². The largest absolute Gasteiger partial charge is 0.452 e. The van der Waals surface area contributed by atoms with E-state index in [-0.39, 0.29) is 17.9 Å². The molecule has 0 bridgehead atoms. The number of amides is 1. The van der Waals surface area contributed by atoms with Crippen LogP contribution >= 0.6 is 0 Å². The highest BCUT2D eigenvalue weighted by molar-refractivity contribution is 7.91. The molecule has 10 heteroatoms. The Bertz CT molecular complexity index is 846. The summed E-state index contributed by atoms with van der Waals surface area (Å²) in [6, 6.07) is 4.16. The predicted molar refractivity (Wildman–Crippen MR) is 91.3 cm³/mol. The van der Waals surface area contributed by atoms with Crippen molar-refractivity contribution >= 4 is 27.8 Å². The van der Waals surface area contributed by atoms with Crippen LogP contribution in [0.2, 0.25) is 0 Å². The first-order valence-corrected chi connectivity index (χ1v) is 9.74. The van der Waals surface area contributed by atoms with Crippen LogP contribution in [0.1, 0.15) is 24.5 Å². The van der Waals surface area contributed by atoms with Crippen molar-refractivity contribution in [2.24, 2.45) is 0 Å². The van der Waals surface area contributed by atoms with Crippen molar-refractivity contribution in [3.05, 3.63) is 41.5 Å². The molecule has 1 saturated heterocycles. The molecule has 1 aliphatic rings. The topological polar surface area (TPSA) is 89.5 Å². The van der Waals surface area contributed by atoms with Crippen LogP contribution in [0.3, 0.4) is 0 Å². The number of esters is 1. The van der Waals surface area contributed by atoms with Crippen molar-refractivity contribution in [3.63, 3.8) is 0 Å². The minimum atomic E-state index is -4.44. The fourth-order valence-electron chi connectivity index (χ4n) is 2.61. The molecule has 1 heterocycles. The van der Waals surface area contributed by atoms with Gasteiger partial charge >= 0.3 is 12.1 Å². The number of alkyl halides is 3. The third kappa shape index (κ3) is 6.38. The van der Waals surface area contributed by atoms with E-state index in [4.69, 9.17) is 4.74 Å². The quantitative estimate of drug-likeness (QED) is 0.598. The molecule has 0 spiro atoms. The first-order chi connectivity index (χ1) is 12.4. The number of carbonyl (C=O) groups is 2. The van der Waals surface area contributed by atoms with Gasteiger partial charge in [0.05, 0.1) is 22.6 Å². The van der Waals surface area contributed by atoms with E-state index in [0.717, 1.165) is 18.2 Å². The Hall–Kier alpha value is -2.36. The van der Waals surface area contributed by atoms with Crippen LogP contribution in [-0.2, 0) is 30.3 Å². The zero-order valence-electron chi connectivity index (χ0n) is 14.4. The van der Waals surface area contributed by atoms with E-state index >= 15 is 0 Å². The maximum atomic E-state index is 12.5. The number of hydrogen-bond donors (Lipinski definition) is 1. The molecule has 1 N–H and O–H groups in total. The van der Waals surface area contributed by atoms with Crippen LogP contribution in [0.15, 0.2) is 30.3 Å². The van der Waals surface area contributed by atoms with Gasteiger partial charge in [-0.3, -0.25) is 4.79 Å². The number of nitrogens with one attached hydrogen (secondary N) is 1. The Labute approximate surface area is 154 Å². The Kier molecular flexibility index (Phi) is 5.98. The van der Waals surface area contributed by atoms with Gasteiger partial charge in [-0.2, -0.15) is 13.2 Å². The zero-order valence-corrected chi connectivity index (χ0v) is 15.2. The van der Waals surface area contributed by atoms with Gasteiger partial charge in [-0.1, -0.05) is 12.1 Å². The summed E-state index contributed by atoms with van der Waals surface area (Å²) in [5.41, 5.74) is -1.34. The Morgan fingerprint density at radius 1 is 1.26 bits per heavy atom. The number of benzene rings is 1. The lowest BCUT2D eigenvalue weighted by Gasteiger charge is -2.23. The molecule has 148 valence electrons. The lowest BCUT2D eigenvalue weighted by molar-refractivity contribution is -0.144. The third-order valence-electron chi connectivity index (χ3n) is 3.94. The number of halogens is 3. The standard InChI is InChI=1S/C17H18F3NO5S/c1-16(8-9-27(24,25)11-16)21-14(22)10-26-15(23)7-4-12-2-5-13(6-3-12)17(18,19)20/h2-7H,8-11H2,1H3,(H,21,22)/b7-4+/t16-/m1/s1. The first kappa shape index (κ1) is 20.9. The molecule has 2 rings (SSSR count). The van der Waals surface area contributed by atoms with Gasteiger partial charge in [-0.15, -0.1) is 0 Å². The third-order valence-corrected chi connectivity index (χ3v) is 5.84. The van der Waals surface area contributed by atoms with Gasteiger partial charge in [-0.05, 0) is 37.1 Å². The average molecular weight is 405 g/mol. The second-order valence-electron chi connectivity index (χ2n) is 6.51. The highest BCUT2D eigenvalue weighted by Gasteiger charge is 2.39. The fraction of sp³-hybridized carbons (Fsp3) is 0.412. The molecular formula is C17H18F3NO5S. The van der Waals surface area contributed by atoms with Gasteiger partial charge in [0.25, 0.3) is 5.91 Å². The van der Waals surface area contributed by atoms with Crippen LogP contribution in [0.4, 0.5) is 13.2 Å². The molecule has 27 heavy (non-hydrogen) atoms. The average Bonchev–Trinajstić information content (AvgIpc) is 2.83. The van der Waals surface area contributed by atoms with Crippen molar-refractivity contribution in [2.45, 2.75) is 25.1 Å². The minimum Gasteiger partial charge on any atom is -0.452 e. The summed E-state index contributed by atoms with van der Waals surface area (Å²) >= 11 is 0. The van der Waals surface area contributed by atoms with Gasteiger partial charge < -0.3 is 10.1 Å². The van der Waals surface area contributed by atoms with Crippen molar-refractivity contribution in [1.82, 2.24) is 5.32 Å². The zero-order chi connectivity index (χ0) is 20.3. The molecule has 1 aromatic carbocycles. The smallest absolute Gasteiger partial charge is 0.416 e. The summed E-state index contributed by atoms with van der Waals surface area (Å²) in [4.78, 5) is 23.4. The SMILES string of the molecule is C[C@@]1(NC(=O)COC(=O)/C=C/c2ccc(C(F)(F)F)cc2)CCS(=O)(=O)C1. The molecule has 1 atom stereocenters. The van der Waals surface area contributed by atoms with Crippen LogP contribution in [0, 0.1) is 0 Å². The van der Waals surface area contributed by atoms with Crippen LogP contribution in [0.25, 0.3) is 6.08 Å². The van der Waals surface area contributed by atoms with E-state index in [1.807, 2.05) is 0 Å². The van der Waals surface area contributed by atoms with Gasteiger partial charge in [0.1, 0.15) is 0 Å². The molecule has 0 aliphatic carbocycles. The summed E-state index contributed by atoms with van der Waals surface area (Å²) in [5.74, 6) is -1.67. The van der Waals surface area contributed by atoms with Crippen molar-refractivity contribution in [2.75, 3.05) is 18.1 Å². The molecule has 1 aliphatic heterocycles. The summed E-state index contributed by atoms with van der Waals surface area (Å²) in [5, 5.41) is 2.53. The maximum Gasteiger partial charge on any atom is 0.416 e. The number of ether oxygens (including phenoxy) is 1. The number of hydrogen-bond acceptors (Lipinski definition) is 5. The van der Waals surface area contributed by atoms with E-state index < -0.39 is 45.6 Å². The Morgan fingerprint density at radius 3 is 2.41 bits per heavy atom. The molecule has 1 amide bonds. The van der Waals surface area contributed by atoms with E-state index in [9.17, 15) is 31.2 Å². The first-order valence-electron chi connectivity index (χ1n) is 7.92. The monoisotopic (exact) mass is 405 g/mol. The lowest BCUT2D eigenvalue weighted by atomic mass is 10.0. The molecule has 0 unspecified atom stereocenters. The van der Waals surface area contributed by atoms with Crippen LogP contribution in [-0.4, -0.2) is 43.9 Å². The van der Waals surface area contributed by atoms with Crippen molar-refractivity contribution in [3.8, 4) is 0 Å². The number of rotatable bonds is 5. The van der Waals surface area contributed by atoms with Crippen molar-refractivity contribution in [1.29, 1.82) is 0 Å². The highest BCUT2D eigenvalue weighted by Crippen LogP contribution is 2.29. The molecule has 0 aromatic heterocycles. The molecular weight excluding hydrogens is 387 g/mol. The number of sulfone groups is 1. The Balaban J connectivity index is 1.82. The second kappa shape index (κ2) is 7.71. The molecule has 0 radical (unpaired) electrons. The van der Waals surface area contributed by atoms with Gasteiger partial charge in [-0.25, -0.2) is 13.2 Å². The lowest BCUT2D eigenvalue weighted by Crippen LogP contribution is -2.48. The van der Waals surface area contributed by atoms with Gasteiger partial charge in [0.15, 0.2) is 16.4 Å². The summed E-state index contributed by atoms with van der Waals surface area (Å²) < 4.78 is 65.1. The highest BCUT2D eigenvalue weighted by atomic mass is 32.2. The summed E-state index contributed by atoms with van der Waals surface area (Å²) in [6.45, 7) is 1.01. The van der Waals surface area contributed by atoms with E-state index in [1.54, 1.807) is 6.92 Å². The molecule has 1 fully saturated rings. The molecule has 1 aromatic rings. The van der Waals surface area contributed by atoms with E-state index in [1.165, 1.54) is 18.2 Å². The predicted octanol–water partition coefficient (Wildman–Crippen LogP) is 1.96. The van der Waals surface area contributed by atoms with Crippen LogP contribution in [0.5, 0.6) is 0 Å². The minimum absolute atomic E-state index is 0.0145. The fourth-order valence-corrected chi connectivity index (χ4v) is 4.71. The summed E-state index contributed by atoms with van der Waals surface area (Å²) in [6.07, 6.45) is -1.92. The van der Waals surface area contributed by atoms with Crippen LogP contribution < -0.4 is 5.32 Å². The van der Waals surface area contributed by atoms with Crippen molar-refractivity contribution < 1.29 is 35.9 Å². The molecule has 6 nitrogen and oxygen atoms in total. The normalized spacial score (nSPS) is 21.9.